The number of nitro groups is 1. The van der Waals surface area contributed by atoms with Gasteiger partial charge in [-0.05, 0) is 42.5 Å². The van der Waals surface area contributed by atoms with Gasteiger partial charge in [-0.2, -0.15) is 0 Å². The van der Waals surface area contributed by atoms with Crippen LogP contribution in [-0.2, 0) is 14.4 Å². The Kier molecular flexibility index (Phi) is 7.31. The van der Waals surface area contributed by atoms with Crippen molar-refractivity contribution in [2.45, 2.75) is 16.2 Å². The number of aromatic amines is 1. The molecule has 1 fully saturated rings. The second-order valence-electron chi connectivity index (χ2n) is 9.42. The summed E-state index contributed by atoms with van der Waals surface area (Å²) in [4.78, 5) is 67.2. The molecule has 3 aromatic carbocycles. The van der Waals surface area contributed by atoms with E-state index in [4.69, 9.17) is 16.3 Å². The van der Waals surface area contributed by atoms with Crippen molar-refractivity contribution < 1.29 is 24.0 Å². The van der Waals surface area contributed by atoms with E-state index in [2.05, 4.69) is 10.3 Å². The molecule has 2 aliphatic rings. The van der Waals surface area contributed by atoms with Gasteiger partial charge in [-0.3, -0.25) is 29.3 Å². The Labute approximate surface area is 250 Å². The monoisotopic (exact) mass is 622 g/mol. The number of non-ortho nitro benzene ring substituents is 1. The van der Waals surface area contributed by atoms with Crippen LogP contribution in [0.4, 0.5) is 17.1 Å². The van der Waals surface area contributed by atoms with Gasteiger partial charge >= 0.3 is 4.87 Å². The lowest BCUT2D eigenvalue weighted by molar-refractivity contribution is -0.384. The number of carbonyl (C=O) groups is 3. The largest absolute Gasteiger partial charge is 0.483 e. The van der Waals surface area contributed by atoms with Crippen molar-refractivity contribution in [2.75, 3.05) is 16.8 Å². The van der Waals surface area contributed by atoms with Gasteiger partial charge in [0.2, 0.25) is 11.8 Å². The number of nitrogens with zero attached hydrogens (tertiary/aromatic N) is 2. The van der Waals surface area contributed by atoms with Crippen molar-refractivity contribution in [3.05, 3.63) is 108 Å². The number of nitrogens with one attached hydrogen (secondary N) is 2. The Morgan fingerprint density at radius 2 is 1.79 bits per heavy atom. The molecule has 3 heterocycles. The first-order chi connectivity index (χ1) is 20.2. The molecule has 3 amide bonds. The normalized spacial score (nSPS) is 19.3. The van der Waals surface area contributed by atoms with E-state index in [1.54, 1.807) is 42.5 Å². The van der Waals surface area contributed by atoms with Crippen LogP contribution >= 0.6 is 34.7 Å². The fourth-order valence-corrected chi connectivity index (χ4v) is 7.77. The highest BCUT2D eigenvalue weighted by Crippen LogP contribution is 2.54. The third kappa shape index (κ3) is 5.06. The van der Waals surface area contributed by atoms with E-state index in [1.165, 1.54) is 24.3 Å². The molecule has 2 N–H and O–H groups in total. The molecular formula is C28H19ClN4O7S2. The number of aromatic nitrogens is 1. The number of hydrogen-bond acceptors (Lipinski definition) is 9. The van der Waals surface area contributed by atoms with E-state index >= 15 is 0 Å². The van der Waals surface area contributed by atoms with Crippen LogP contribution in [0.1, 0.15) is 16.4 Å². The molecule has 2 unspecified atom stereocenters. The lowest BCUT2D eigenvalue weighted by Gasteiger charge is -2.31. The zero-order valence-electron chi connectivity index (χ0n) is 21.3. The second kappa shape index (κ2) is 11.1. The summed E-state index contributed by atoms with van der Waals surface area (Å²) in [5.74, 6) is -2.95. The van der Waals surface area contributed by atoms with Crippen molar-refractivity contribution in [2.24, 2.45) is 5.92 Å². The lowest BCUT2D eigenvalue weighted by atomic mass is 9.82. The Hall–Kier alpha value is -4.46. The fraction of sp³-hybridized carbons (Fsp3) is 0.143. The first-order valence-corrected chi connectivity index (χ1v) is 14.6. The molecule has 6 rings (SSSR count). The van der Waals surface area contributed by atoms with Crippen molar-refractivity contribution >= 4 is 69.5 Å². The number of halogens is 1. The summed E-state index contributed by atoms with van der Waals surface area (Å²) in [6, 6.07) is 18.8. The number of thiazole rings is 1. The van der Waals surface area contributed by atoms with Crippen LogP contribution in [0, 0.1) is 16.0 Å². The van der Waals surface area contributed by atoms with Gasteiger partial charge in [0.25, 0.3) is 11.6 Å². The SMILES string of the molecule is O=C(COc1ccc(Cl)cc1[C@H]1c2sc(=O)[nH]c2SC2C(=O)N(c3ccc([N+](=O)[O-])cc3)C(=O)C21)Nc1ccccc1. The number of carbonyl (C=O) groups excluding carboxylic acids is 3. The molecule has 42 heavy (non-hydrogen) atoms. The highest BCUT2D eigenvalue weighted by Gasteiger charge is 2.57. The van der Waals surface area contributed by atoms with Crippen LogP contribution in [0.2, 0.25) is 5.02 Å². The maximum Gasteiger partial charge on any atom is 0.305 e. The number of fused-ring (bicyclic) bond motifs is 2. The average Bonchev–Trinajstić information content (AvgIpc) is 3.47. The van der Waals surface area contributed by atoms with Crippen LogP contribution in [-0.4, -0.2) is 39.5 Å². The zero-order valence-corrected chi connectivity index (χ0v) is 23.7. The minimum atomic E-state index is -0.949. The number of benzene rings is 3. The Morgan fingerprint density at radius 1 is 1.05 bits per heavy atom. The molecule has 11 nitrogen and oxygen atoms in total. The van der Waals surface area contributed by atoms with Gasteiger partial charge in [0.15, 0.2) is 6.61 Å². The van der Waals surface area contributed by atoms with Crippen LogP contribution in [0.3, 0.4) is 0 Å². The molecule has 2 aliphatic heterocycles. The molecular weight excluding hydrogens is 604 g/mol. The fourth-order valence-electron chi connectivity index (χ4n) is 5.09. The molecule has 4 aromatic rings. The predicted octanol–water partition coefficient (Wildman–Crippen LogP) is 4.81. The number of para-hydroxylation sites is 1. The summed E-state index contributed by atoms with van der Waals surface area (Å²) in [6.45, 7) is -0.350. The van der Waals surface area contributed by atoms with E-state index in [1.807, 2.05) is 6.07 Å². The number of hydrogen-bond donors (Lipinski definition) is 2. The third-order valence-electron chi connectivity index (χ3n) is 6.87. The van der Waals surface area contributed by atoms with Gasteiger partial charge in [0.05, 0.1) is 21.6 Å². The molecule has 0 aliphatic carbocycles. The number of thioether (sulfide) groups is 1. The Morgan fingerprint density at radius 3 is 2.50 bits per heavy atom. The number of amides is 3. The van der Waals surface area contributed by atoms with Crippen molar-refractivity contribution in [3.63, 3.8) is 0 Å². The predicted molar refractivity (Wildman–Crippen MR) is 158 cm³/mol. The van der Waals surface area contributed by atoms with Crippen molar-refractivity contribution in [1.29, 1.82) is 0 Å². The lowest BCUT2D eigenvalue weighted by Crippen LogP contribution is -2.32. The number of nitro benzene ring substituents is 1. The number of imide groups is 1. The zero-order chi connectivity index (χ0) is 29.5. The first-order valence-electron chi connectivity index (χ1n) is 12.5. The molecule has 1 aromatic heterocycles. The molecule has 0 radical (unpaired) electrons. The van der Waals surface area contributed by atoms with Crippen LogP contribution in [0.25, 0.3) is 0 Å². The highest BCUT2D eigenvalue weighted by atomic mass is 35.5. The van der Waals surface area contributed by atoms with E-state index in [-0.39, 0.29) is 28.6 Å². The quantitative estimate of drug-likeness (QED) is 0.169. The molecule has 0 bridgehead atoms. The van der Waals surface area contributed by atoms with Gasteiger partial charge in [0.1, 0.15) is 11.0 Å². The summed E-state index contributed by atoms with van der Waals surface area (Å²) < 4.78 is 5.92. The van der Waals surface area contributed by atoms with Crippen molar-refractivity contribution in [3.8, 4) is 5.75 Å². The summed E-state index contributed by atoms with van der Waals surface area (Å²) in [7, 11) is 0. The Bertz CT molecular complexity index is 1790. The second-order valence-corrected chi connectivity index (χ2v) is 12.0. The molecule has 0 spiro atoms. The van der Waals surface area contributed by atoms with Gasteiger partial charge in [-0.25, -0.2) is 4.90 Å². The summed E-state index contributed by atoms with van der Waals surface area (Å²) in [5.41, 5.74) is 1.05. The topological polar surface area (TPSA) is 152 Å². The number of anilines is 2. The average molecular weight is 623 g/mol. The third-order valence-corrected chi connectivity index (χ3v) is 9.50. The van der Waals surface area contributed by atoms with Crippen LogP contribution in [0.5, 0.6) is 5.75 Å². The van der Waals surface area contributed by atoms with Crippen molar-refractivity contribution in [1.82, 2.24) is 4.98 Å². The molecule has 1 saturated heterocycles. The van der Waals surface area contributed by atoms with E-state index < -0.39 is 39.7 Å². The van der Waals surface area contributed by atoms with Gasteiger partial charge < -0.3 is 15.0 Å². The van der Waals surface area contributed by atoms with E-state index in [9.17, 15) is 29.3 Å². The van der Waals surface area contributed by atoms with Gasteiger partial charge in [-0.1, -0.05) is 52.9 Å². The van der Waals surface area contributed by atoms with E-state index in [0.29, 0.717) is 26.2 Å². The maximum absolute atomic E-state index is 14.0. The molecule has 3 atom stereocenters. The summed E-state index contributed by atoms with van der Waals surface area (Å²) in [5, 5.41) is 13.7. The summed E-state index contributed by atoms with van der Waals surface area (Å²) in [6.07, 6.45) is 0. The standard InChI is InChI=1S/C28H19ClN4O7S2/c29-14-6-11-19(40-13-20(34)30-15-4-2-1-3-5-15)18(12-14)21-22-24(41-25-23(21)42-28(37)31-25)27(36)32(26(22)35)16-7-9-17(10-8-16)33(38)39/h1-12,21-22,24H,13H2,(H,30,34)(H,31,37)/t21-,22?,24?/m1/s1. The molecule has 0 saturated carbocycles. The van der Waals surface area contributed by atoms with Crippen LogP contribution in [0.15, 0.2) is 82.6 Å². The Balaban J connectivity index is 1.37. The number of rotatable bonds is 7. The molecule has 212 valence electrons. The smallest absolute Gasteiger partial charge is 0.305 e. The highest BCUT2D eigenvalue weighted by molar-refractivity contribution is 8.00. The number of H-pyrrole nitrogens is 1. The van der Waals surface area contributed by atoms with Crippen LogP contribution < -0.4 is 19.8 Å². The minimum Gasteiger partial charge on any atom is -0.483 e. The van der Waals surface area contributed by atoms with E-state index in [0.717, 1.165) is 28.0 Å². The number of ether oxygens (including phenoxy) is 1. The summed E-state index contributed by atoms with van der Waals surface area (Å²) >= 11 is 8.40. The molecule has 14 heteroatoms. The maximum atomic E-state index is 14.0. The van der Waals surface area contributed by atoms with Gasteiger partial charge in [-0.15, -0.1) is 0 Å². The minimum absolute atomic E-state index is 0.181. The van der Waals surface area contributed by atoms with Gasteiger partial charge in [0, 0.05) is 39.2 Å². The first kappa shape index (κ1) is 27.7.